The molecule has 0 unspecified atom stereocenters. The van der Waals surface area contributed by atoms with E-state index in [0.29, 0.717) is 34.8 Å². The highest BCUT2D eigenvalue weighted by Crippen LogP contribution is 2.40. The largest absolute Gasteiger partial charge is 0.490 e. The normalized spacial score (nSPS) is 11.0. The van der Waals surface area contributed by atoms with E-state index in [-0.39, 0.29) is 0 Å². The number of benzene rings is 3. The average Bonchev–Trinajstić information content (AvgIpc) is 3.13. The Labute approximate surface area is 173 Å². The third-order valence-corrected chi connectivity index (χ3v) is 4.95. The molecule has 1 heterocycles. The van der Waals surface area contributed by atoms with E-state index < -0.39 is 0 Å². The standard InChI is InChI=1S/C22H18Cl2N2O2/c1-2-27-20-12-15(22-25-18-9-5-6-10-19(18)26-22)11-17(24)21(20)28-13-14-7-3-4-8-16(14)23/h3-12H,2,13H2,1H3,(H,25,26). The molecule has 3 aromatic carbocycles. The molecule has 6 heteroatoms. The molecule has 0 amide bonds. The Kier molecular flexibility index (Phi) is 5.42. The lowest BCUT2D eigenvalue weighted by Gasteiger charge is -2.15. The van der Waals surface area contributed by atoms with Crippen LogP contribution < -0.4 is 9.47 Å². The van der Waals surface area contributed by atoms with Crippen LogP contribution in [0.25, 0.3) is 22.4 Å². The van der Waals surface area contributed by atoms with Crippen LogP contribution in [0.2, 0.25) is 10.0 Å². The summed E-state index contributed by atoms with van der Waals surface area (Å²) in [6.07, 6.45) is 0. The second-order valence-corrected chi connectivity index (χ2v) is 7.02. The van der Waals surface area contributed by atoms with Gasteiger partial charge in [-0.15, -0.1) is 0 Å². The van der Waals surface area contributed by atoms with E-state index in [9.17, 15) is 0 Å². The first-order valence-electron chi connectivity index (χ1n) is 8.93. The monoisotopic (exact) mass is 412 g/mol. The average molecular weight is 413 g/mol. The molecule has 4 aromatic rings. The number of aromatic amines is 1. The summed E-state index contributed by atoms with van der Waals surface area (Å²) in [5.74, 6) is 1.78. The Bertz CT molecular complexity index is 1090. The van der Waals surface area contributed by atoms with Crippen LogP contribution in [0.3, 0.4) is 0 Å². The van der Waals surface area contributed by atoms with E-state index in [1.54, 1.807) is 0 Å². The van der Waals surface area contributed by atoms with Crippen molar-refractivity contribution >= 4 is 34.2 Å². The SMILES string of the molecule is CCOc1cc(-c2nc3ccccc3[nH]2)cc(Cl)c1OCc1ccccc1Cl. The van der Waals surface area contributed by atoms with Crippen molar-refractivity contribution in [1.82, 2.24) is 9.97 Å². The summed E-state index contributed by atoms with van der Waals surface area (Å²) in [5, 5.41) is 1.10. The van der Waals surface area contributed by atoms with Crippen molar-refractivity contribution in [3.05, 3.63) is 76.3 Å². The molecule has 1 N–H and O–H groups in total. The fraction of sp³-hybridized carbons (Fsp3) is 0.136. The van der Waals surface area contributed by atoms with E-state index in [1.165, 1.54) is 0 Å². The number of halogens is 2. The lowest BCUT2D eigenvalue weighted by molar-refractivity contribution is 0.269. The van der Waals surface area contributed by atoms with Gasteiger partial charge in [0, 0.05) is 16.1 Å². The van der Waals surface area contributed by atoms with E-state index in [1.807, 2.05) is 67.6 Å². The molecule has 0 aliphatic rings. The minimum atomic E-state index is 0.295. The molecule has 0 aliphatic heterocycles. The number of hydrogen-bond acceptors (Lipinski definition) is 3. The number of nitrogens with one attached hydrogen (secondary N) is 1. The molecular weight excluding hydrogens is 395 g/mol. The van der Waals surface area contributed by atoms with Crippen molar-refractivity contribution in [2.75, 3.05) is 6.61 Å². The molecule has 28 heavy (non-hydrogen) atoms. The molecule has 0 bridgehead atoms. The van der Waals surface area contributed by atoms with Crippen molar-refractivity contribution in [2.24, 2.45) is 0 Å². The van der Waals surface area contributed by atoms with Gasteiger partial charge in [0.05, 0.1) is 22.7 Å². The Morgan fingerprint density at radius 1 is 0.929 bits per heavy atom. The first-order valence-corrected chi connectivity index (χ1v) is 9.69. The van der Waals surface area contributed by atoms with Crippen LogP contribution in [-0.4, -0.2) is 16.6 Å². The van der Waals surface area contributed by atoms with E-state index >= 15 is 0 Å². The molecule has 0 fully saturated rings. The fourth-order valence-electron chi connectivity index (χ4n) is 2.96. The zero-order chi connectivity index (χ0) is 19.5. The summed E-state index contributed by atoms with van der Waals surface area (Å²) in [6, 6.07) is 19.1. The number of imidazole rings is 1. The first-order chi connectivity index (χ1) is 13.7. The van der Waals surface area contributed by atoms with Crippen LogP contribution in [0.4, 0.5) is 0 Å². The Hall–Kier alpha value is -2.69. The molecule has 4 rings (SSSR count). The maximum atomic E-state index is 6.55. The van der Waals surface area contributed by atoms with Gasteiger partial charge in [0.15, 0.2) is 11.5 Å². The molecular formula is C22H18Cl2N2O2. The van der Waals surface area contributed by atoms with Crippen LogP contribution in [0.15, 0.2) is 60.7 Å². The minimum absolute atomic E-state index is 0.295. The summed E-state index contributed by atoms with van der Waals surface area (Å²) in [5.41, 5.74) is 3.56. The van der Waals surface area contributed by atoms with Crippen molar-refractivity contribution in [2.45, 2.75) is 13.5 Å². The number of ether oxygens (including phenoxy) is 2. The van der Waals surface area contributed by atoms with Crippen LogP contribution in [0.5, 0.6) is 11.5 Å². The zero-order valence-electron chi connectivity index (χ0n) is 15.2. The third kappa shape index (κ3) is 3.79. The summed E-state index contributed by atoms with van der Waals surface area (Å²) < 4.78 is 11.8. The molecule has 0 saturated heterocycles. The van der Waals surface area contributed by atoms with Gasteiger partial charge in [-0.2, -0.15) is 0 Å². The number of para-hydroxylation sites is 2. The summed E-state index contributed by atoms with van der Waals surface area (Å²) in [7, 11) is 0. The van der Waals surface area contributed by atoms with Gasteiger partial charge in [0.2, 0.25) is 0 Å². The highest BCUT2D eigenvalue weighted by molar-refractivity contribution is 6.32. The topological polar surface area (TPSA) is 47.1 Å². The smallest absolute Gasteiger partial charge is 0.180 e. The number of H-pyrrole nitrogens is 1. The number of fused-ring (bicyclic) bond motifs is 1. The summed E-state index contributed by atoms with van der Waals surface area (Å²) in [6.45, 7) is 2.70. The highest BCUT2D eigenvalue weighted by atomic mass is 35.5. The van der Waals surface area contributed by atoms with E-state index in [4.69, 9.17) is 32.7 Å². The lowest BCUT2D eigenvalue weighted by Crippen LogP contribution is -2.01. The van der Waals surface area contributed by atoms with E-state index in [2.05, 4.69) is 9.97 Å². The maximum Gasteiger partial charge on any atom is 0.180 e. The number of nitrogens with zero attached hydrogens (tertiary/aromatic N) is 1. The third-order valence-electron chi connectivity index (χ3n) is 4.30. The van der Waals surface area contributed by atoms with Gasteiger partial charge in [-0.25, -0.2) is 4.98 Å². The lowest BCUT2D eigenvalue weighted by atomic mass is 10.2. The summed E-state index contributed by atoms with van der Waals surface area (Å²) >= 11 is 12.8. The minimum Gasteiger partial charge on any atom is -0.490 e. The number of rotatable bonds is 6. The molecule has 0 aliphatic carbocycles. The molecule has 4 nitrogen and oxygen atoms in total. The van der Waals surface area contributed by atoms with Crippen LogP contribution in [0, 0.1) is 0 Å². The second kappa shape index (κ2) is 8.13. The quantitative estimate of drug-likeness (QED) is 0.392. The Balaban J connectivity index is 1.68. The van der Waals surface area contributed by atoms with Crippen LogP contribution in [0.1, 0.15) is 12.5 Å². The molecule has 0 radical (unpaired) electrons. The molecule has 0 atom stereocenters. The Morgan fingerprint density at radius 2 is 1.71 bits per heavy atom. The maximum absolute atomic E-state index is 6.55. The predicted octanol–water partition coefficient (Wildman–Crippen LogP) is 6.51. The van der Waals surface area contributed by atoms with Crippen molar-refractivity contribution in [3.63, 3.8) is 0 Å². The molecule has 0 spiro atoms. The van der Waals surface area contributed by atoms with Crippen LogP contribution in [-0.2, 0) is 6.61 Å². The number of aromatic nitrogens is 2. The van der Waals surface area contributed by atoms with E-state index in [0.717, 1.165) is 28.0 Å². The van der Waals surface area contributed by atoms with Crippen molar-refractivity contribution in [3.8, 4) is 22.9 Å². The van der Waals surface area contributed by atoms with Gasteiger partial charge in [0.1, 0.15) is 12.4 Å². The summed E-state index contributed by atoms with van der Waals surface area (Å²) in [4.78, 5) is 7.94. The number of hydrogen-bond donors (Lipinski definition) is 1. The van der Waals surface area contributed by atoms with Gasteiger partial charge in [-0.3, -0.25) is 0 Å². The van der Waals surface area contributed by atoms with Gasteiger partial charge in [-0.1, -0.05) is 53.5 Å². The fourth-order valence-corrected chi connectivity index (χ4v) is 3.42. The highest BCUT2D eigenvalue weighted by Gasteiger charge is 2.16. The second-order valence-electron chi connectivity index (χ2n) is 6.20. The van der Waals surface area contributed by atoms with Crippen LogP contribution >= 0.6 is 23.2 Å². The van der Waals surface area contributed by atoms with Crippen molar-refractivity contribution < 1.29 is 9.47 Å². The molecule has 1 aromatic heterocycles. The van der Waals surface area contributed by atoms with Crippen molar-refractivity contribution in [1.29, 1.82) is 0 Å². The van der Waals surface area contributed by atoms with Gasteiger partial charge in [0.25, 0.3) is 0 Å². The zero-order valence-corrected chi connectivity index (χ0v) is 16.7. The first kappa shape index (κ1) is 18.7. The predicted molar refractivity (Wildman–Crippen MR) is 113 cm³/mol. The Morgan fingerprint density at radius 3 is 2.50 bits per heavy atom. The molecule has 0 saturated carbocycles. The molecule has 142 valence electrons. The van der Waals surface area contributed by atoms with Gasteiger partial charge < -0.3 is 14.5 Å². The van der Waals surface area contributed by atoms with Gasteiger partial charge in [-0.05, 0) is 37.3 Å². The van der Waals surface area contributed by atoms with Gasteiger partial charge >= 0.3 is 0 Å².